The molecule has 0 saturated heterocycles. The van der Waals surface area contributed by atoms with E-state index in [1.54, 1.807) is 6.07 Å². The van der Waals surface area contributed by atoms with Crippen molar-refractivity contribution in [2.45, 2.75) is 58.3 Å². The highest BCUT2D eigenvalue weighted by Gasteiger charge is 2.20. The molecular formula is C22H29NO. The van der Waals surface area contributed by atoms with Crippen molar-refractivity contribution in [2.75, 3.05) is 0 Å². The minimum Gasteiger partial charge on any atom is -0.506 e. The quantitative estimate of drug-likeness (QED) is 0.708. The summed E-state index contributed by atoms with van der Waals surface area (Å²) in [4.78, 5) is 4.27. The lowest BCUT2D eigenvalue weighted by atomic mass is 9.78. The van der Waals surface area contributed by atoms with Crippen LogP contribution in [0.25, 0.3) is 11.3 Å². The topological polar surface area (TPSA) is 33.1 Å². The Morgan fingerprint density at radius 2 is 1.58 bits per heavy atom. The lowest BCUT2D eigenvalue weighted by molar-refractivity contribution is 0.252. The van der Waals surface area contributed by atoms with Crippen molar-refractivity contribution >= 4 is 0 Å². The molecule has 1 fully saturated rings. The number of pyridine rings is 1. The van der Waals surface area contributed by atoms with Crippen LogP contribution in [-0.4, -0.2) is 10.1 Å². The van der Waals surface area contributed by atoms with E-state index in [1.165, 1.54) is 63.1 Å². The lowest BCUT2D eigenvalue weighted by Gasteiger charge is -2.28. The van der Waals surface area contributed by atoms with Gasteiger partial charge in [0.2, 0.25) is 0 Å². The Kier molecular flexibility index (Phi) is 5.90. The molecule has 0 amide bonds. The van der Waals surface area contributed by atoms with E-state index in [0.717, 1.165) is 23.1 Å². The lowest BCUT2D eigenvalue weighted by Crippen LogP contribution is -2.15. The molecule has 0 aliphatic heterocycles. The van der Waals surface area contributed by atoms with E-state index in [4.69, 9.17) is 0 Å². The first-order valence-electron chi connectivity index (χ1n) is 9.49. The first-order valence-corrected chi connectivity index (χ1v) is 9.49. The van der Waals surface area contributed by atoms with Crippen LogP contribution < -0.4 is 0 Å². The summed E-state index contributed by atoms with van der Waals surface area (Å²) in [6.45, 7) is 2.31. The maximum atomic E-state index is 9.33. The van der Waals surface area contributed by atoms with E-state index >= 15 is 0 Å². The molecule has 1 N–H and O–H groups in total. The van der Waals surface area contributed by atoms with Crippen molar-refractivity contribution in [1.29, 1.82) is 0 Å². The van der Waals surface area contributed by atoms with E-state index in [1.807, 2.05) is 6.07 Å². The second-order valence-corrected chi connectivity index (χ2v) is 7.31. The summed E-state index contributed by atoms with van der Waals surface area (Å²) in [5.74, 6) is 2.14. The fraction of sp³-hybridized carbons (Fsp3) is 0.500. The van der Waals surface area contributed by atoms with Gasteiger partial charge in [0.15, 0.2) is 0 Å². The van der Waals surface area contributed by atoms with Gasteiger partial charge in [-0.1, -0.05) is 69.7 Å². The Bertz CT molecular complexity index is 609. The van der Waals surface area contributed by atoms with Gasteiger partial charge in [0.1, 0.15) is 5.75 Å². The number of benzene rings is 1. The number of hydrogen-bond donors (Lipinski definition) is 1. The molecule has 2 aromatic rings. The molecule has 0 atom stereocenters. The highest BCUT2D eigenvalue weighted by atomic mass is 16.3. The van der Waals surface area contributed by atoms with E-state index in [9.17, 15) is 5.11 Å². The first-order chi connectivity index (χ1) is 11.7. The van der Waals surface area contributed by atoms with Gasteiger partial charge in [0.25, 0.3) is 0 Å². The second-order valence-electron chi connectivity index (χ2n) is 7.31. The molecule has 1 saturated carbocycles. The van der Waals surface area contributed by atoms with Crippen LogP contribution in [0.4, 0.5) is 0 Å². The van der Waals surface area contributed by atoms with E-state index in [0.29, 0.717) is 0 Å². The normalized spacial score (nSPS) is 20.9. The molecule has 128 valence electrons. The van der Waals surface area contributed by atoms with Gasteiger partial charge < -0.3 is 5.11 Å². The summed E-state index contributed by atoms with van der Waals surface area (Å²) in [5, 5.41) is 9.33. The zero-order valence-corrected chi connectivity index (χ0v) is 14.7. The van der Waals surface area contributed by atoms with Gasteiger partial charge in [-0.05, 0) is 42.4 Å². The highest BCUT2D eigenvalue weighted by Crippen LogP contribution is 2.34. The van der Waals surface area contributed by atoms with E-state index < -0.39 is 0 Å². The molecule has 0 unspecified atom stereocenters. The summed E-state index contributed by atoms with van der Waals surface area (Å²) in [6, 6.07) is 12.3. The molecule has 3 rings (SSSR count). The van der Waals surface area contributed by atoms with Gasteiger partial charge in [0.05, 0.1) is 11.9 Å². The van der Waals surface area contributed by atoms with Crippen LogP contribution >= 0.6 is 0 Å². The molecule has 2 heteroatoms. The molecule has 1 aromatic heterocycles. The summed E-state index contributed by atoms with van der Waals surface area (Å²) in [6.07, 6.45) is 12.5. The summed E-state index contributed by atoms with van der Waals surface area (Å²) in [7, 11) is 0. The summed E-state index contributed by atoms with van der Waals surface area (Å²) < 4.78 is 0. The van der Waals surface area contributed by atoms with Gasteiger partial charge in [-0.25, -0.2) is 0 Å². The Morgan fingerprint density at radius 1 is 0.917 bits per heavy atom. The number of nitrogens with zero attached hydrogens (tertiary/aromatic N) is 1. The Hall–Kier alpha value is -1.83. The van der Waals surface area contributed by atoms with E-state index in [-0.39, 0.29) is 5.75 Å². The summed E-state index contributed by atoms with van der Waals surface area (Å²) >= 11 is 0. The molecule has 1 aromatic carbocycles. The molecule has 1 aliphatic carbocycles. The molecule has 1 heterocycles. The van der Waals surface area contributed by atoms with Gasteiger partial charge in [-0.3, -0.25) is 4.98 Å². The first kappa shape index (κ1) is 17.0. The average Bonchev–Trinajstić information content (AvgIpc) is 2.63. The van der Waals surface area contributed by atoms with Crippen molar-refractivity contribution in [3.63, 3.8) is 0 Å². The van der Waals surface area contributed by atoms with Crippen molar-refractivity contribution in [3.8, 4) is 17.0 Å². The zero-order valence-electron chi connectivity index (χ0n) is 14.7. The zero-order chi connectivity index (χ0) is 16.8. The fourth-order valence-electron chi connectivity index (χ4n) is 3.99. The number of aromatic nitrogens is 1. The molecular weight excluding hydrogens is 294 g/mol. The minimum absolute atomic E-state index is 0.212. The number of rotatable bonds is 6. The van der Waals surface area contributed by atoms with Crippen molar-refractivity contribution in [2.24, 2.45) is 11.8 Å². The van der Waals surface area contributed by atoms with Gasteiger partial charge >= 0.3 is 0 Å². The predicted octanol–water partition coefficient (Wildman–Crippen LogP) is 5.99. The molecule has 0 radical (unpaired) electrons. The second kappa shape index (κ2) is 8.32. The highest BCUT2D eigenvalue weighted by molar-refractivity contribution is 5.59. The molecule has 2 nitrogen and oxygen atoms in total. The van der Waals surface area contributed by atoms with Crippen LogP contribution in [-0.2, 0) is 6.42 Å². The van der Waals surface area contributed by atoms with Gasteiger partial charge in [-0.15, -0.1) is 0 Å². The largest absolute Gasteiger partial charge is 0.506 e. The molecule has 1 aliphatic rings. The number of aromatic hydroxyl groups is 1. The monoisotopic (exact) mass is 323 g/mol. The predicted molar refractivity (Wildman–Crippen MR) is 100 cm³/mol. The van der Waals surface area contributed by atoms with Crippen LogP contribution in [0.5, 0.6) is 5.75 Å². The van der Waals surface area contributed by atoms with Gasteiger partial charge in [-0.2, -0.15) is 0 Å². The fourth-order valence-corrected chi connectivity index (χ4v) is 3.99. The van der Waals surface area contributed by atoms with Crippen LogP contribution in [0.1, 0.15) is 57.4 Å². The smallest absolute Gasteiger partial charge is 0.133 e. The van der Waals surface area contributed by atoms with Crippen LogP contribution in [0.15, 0.2) is 42.6 Å². The maximum Gasteiger partial charge on any atom is 0.133 e. The number of hydrogen-bond acceptors (Lipinski definition) is 2. The Morgan fingerprint density at radius 3 is 2.17 bits per heavy atom. The Labute approximate surface area is 146 Å². The van der Waals surface area contributed by atoms with Crippen molar-refractivity contribution < 1.29 is 5.11 Å². The third-order valence-electron chi connectivity index (χ3n) is 5.50. The maximum absolute atomic E-state index is 9.33. The SMILES string of the molecule is CCC[C@H]1CC[C@H](CCc2ccc(-c3ccc(O)cn3)cc2)CC1. The van der Waals surface area contributed by atoms with Crippen LogP contribution in [0, 0.1) is 11.8 Å². The molecule has 0 spiro atoms. The third-order valence-corrected chi connectivity index (χ3v) is 5.50. The minimum atomic E-state index is 0.212. The number of aryl methyl sites for hydroxylation is 1. The summed E-state index contributed by atoms with van der Waals surface area (Å²) in [5.41, 5.74) is 3.45. The van der Waals surface area contributed by atoms with Crippen LogP contribution in [0.3, 0.4) is 0 Å². The Balaban J connectivity index is 1.49. The van der Waals surface area contributed by atoms with Crippen molar-refractivity contribution in [3.05, 3.63) is 48.2 Å². The van der Waals surface area contributed by atoms with E-state index in [2.05, 4.69) is 36.2 Å². The van der Waals surface area contributed by atoms with Crippen molar-refractivity contribution in [1.82, 2.24) is 4.98 Å². The average molecular weight is 323 g/mol. The van der Waals surface area contributed by atoms with Crippen LogP contribution in [0.2, 0.25) is 0 Å². The third kappa shape index (κ3) is 4.59. The molecule has 0 bridgehead atoms. The molecule has 24 heavy (non-hydrogen) atoms. The van der Waals surface area contributed by atoms with Gasteiger partial charge in [0, 0.05) is 5.56 Å². The standard InChI is InChI=1S/C22H29NO/c1-2-3-17-4-6-18(7-5-17)8-9-19-10-12-20(13-11-19)22-15-14-21(24)16-23-22/h10-18,24H,2-9H2,1H3/t17-,18-.